The van der Waals surface area contributed by atoms with Crippen molar-refractivity contribution in [2.45, 2.75) is 19.4 Å². The second-order valence-corrected chi connectivity index (χ2v) is 5.97. The van der Waals surface area contributed by atoms with Gasteiger partial charge in [0.1, 0.15) is 5.75 Å². The Bertz CT molecular complexity index is 458. The zero-order valence-corrected chi connectivity index (χ0v) is 13.0. The number of nitrogens with zero attached hydrogens (tertiary/aromatic N) is 2. The molecule has 0 spiro atoms. The summed E-state index contributed by atoms with van der Waals surface area (Å²) < 4.78 is 10.7. The average Bonchev–Trinajstić information content (AvgIpc) is 2.55. The Labute approximate surface area is 127 Å². The lowest BCUT2D eigenvalue weighted by Crippen LogP contribution is -2.38. The summed E-state index contributed by atoms with van der Waals surface area (Å²) in [5.41, 5.74) is 2.92. The van der Waals surface area contributed by atoms with E-state index in [9.17, 15) is 0 Å². The van der Waals surface area contributed by atoms with Crippen LogP contribution in [0, 0.1) is 0 Å². The van der Waals surface area contributed by atoms with Gasteiger partial charge in [0.2, 0.25) is 0 Å². The molecule has 0 atom stereocenters. The van der Waals surface area contributed by atoms with Crippen molar-refractivity contribution in [3.8, 4) is 5.75 Å². The second kappa shape index (κ2) is 7.25. The van der Waals surface area contributed by atoms with Gasteiger partial charge in [0, 0.05) is 26.2 Å². The molecule has 1 aromatic rings. The van der Waals surface area contributed by atoms with Crippen molar-refractivity contribution in [1.29, 1.82) is 0 Å². The number of hydrogen-bond acceptors (Lipinski definition) is 4. The fourth-order valence-electron chi connectivity index (χ4n) is 3.25. The highest BCUT2D eigenvalue weighted by Gasteiger charge is 2.17. The average molecular weight is 290 g/mol. The lowest BCUT2D eigenvalue weighted by atomic mass is 9.99. The standard InChI is InChI=1S/C17H26N2O2/c1-20-17-4-3-15-5-8-19(14-16(15)13-17)7-2-6-18-9-11-21-12-10-18/h3-4,13H,2,5-12,14H2,1H3. The fraction of sp³-hybridized carbons (Fsp3) is 0.647. The van der Waals surface area contributed by atoms with Crippen LogP contribution in [0.5, 0.6) is 5.75 Å². The normalized spacial score (nSPS) is 20.2. The fourth-order valence-corrected chi connectivity index (χ4v) is 3.25. The molecule has 0 radical (unpaired) electrons. The minimum atomic E-state index is 0.900. The summed E-state index contributed by atoms with van der Waals surface area (Å²) in [5, 5.41) is 0. The monoisotopic (exact) mass is 290 g/mol. The molecule has 116 valence electrons. The van der Waals surface area contributed by atoms with Crippen molar-refractivity contribution < 1.29 is 9.47 Å². The van der Waals surface area contributed by atoms with E-state index in [0.717, 1.165) is 45.0 Å². The molecular weight excluding hydrogens is 264 g/mol. The maximum atomic E-state index is 5.39. The predicted octanol–water partition coefficient (Wildman–Crippen LogP) is 1.78. The Morgan fingerprint density at radius 2 is 1.86 bits per heavy atom. The van der Waals surface area contributed by atoms with Gasteiger partial charge in [-0.2, -0.15) is 0 Å². The third-order valence-electron chi connectivity index (χ3n) is 4.56. The zero-order chi connectivity index (χ0) is 14.5. The van der Waals surface area contributed by atoms with Crippen LogP contribution in [0.4, 0.5) is 0 Å². The Balaban J connectivity index is 1.47. The van der Waals surface area contributed by atoms with E-state index in [0.29, 0.717) is 0 Å². The van der Waals surface area contributed by atoms with Crippen LogP contribution in [0.2, 0.25) is 0 Å². The molecule has 21 heavy (non-hydrogen) atoms. The summed E-state index contributed by atoms with van der Waals surface area (Å²) in [6.07, 6.45) is 2.41. The van der Waals surface area contributed by atoms with Crippen molar-refractivity contribution in [1.82, 2.24) is 9.80 Å². The molecule has 0 aliphatic carbocycles. The SMILES string of the molecule is COc1ccc2c(c1)CN(CCCN1CCOCC1)CC2. The Morgan fingerprint density at radius 3 is 2.67 bits per heavy atom. The molecule has 1 aromatic carbocycles. The van der Waals surface area contributed by atoms with Crippen molar-refractivity contribution >= 4 is 0 Å². The van der Waals surface area contributed by atoms with Crippen molar-refractivity contribution in [3.63, 3.8) is 0 Å². The summed E-state index contributed by atoms with van der Waals surface area (Å²) in [6, 6.07) is 6.50. The number of fused-ring (bicyclic) bond motifs is 1. The van der Waals surface area contributed by atoms with E-state index in [1.165, 1.54) is 37.2 Å². The van der Waals surface area contributed by atoms with E-state index < -0.39 is 0 Å². The first-order valence-electron chi connectivity index (χ1n) is 8.03. The van der Waals surface area contributed by atoms with Crippen LogP contribution in [0.3, 0.4) is 0 Å². The van der Waals surface area contributed by atoms with E-state index in [2.05, 4.69) is 28.0 Å². The van der Waals surface area contributed by atoms with Gasteiger partial charge in [-0.3, -0.25) is 9.80 Å². The van der Waals surface area contributed by atoms with Crippen LogP contribution >= 0.6 is 0 Å². The first-order chi connectivity index (χ1) is 10.3. The predicted molar refractivity (Wildman–Crippen MR) is 83.9 cm³/mol. The first kappa shape index (κ1) is 14.8. The van der Waals surface area contributed by atoms with Gasteiger partial charge < -0.3 is 9.47 Å². The van der Waals surface area contributed by atoms with Gasteiger partial charge in [-0.05, 0) is 49.2 Å². The maximum Gasteiger partial charge on any atom is 0.119 e. The third-order valence-corrected chi connectivity index (χ3v) is 4.56. The molecule has 0 amide bonds. The van der Waals surface area contributed by atoms with Gasteiger partial charge >= 0.3 is 0 Å². The van der Waals surface area contributed by atoms with Gasteiger partial charge in [-0.25, -0.2) is 0 Å². The van der Waals surface area contributed by atoms with Crippen LogP contribution in [-0.4, -0.2) is 62.8 Å². The quantitative estimate of drug-likeness (QED) is 0.825. The van der Waals surface area contributed by atoms with Gasteiger partial charge in [0.15, 0.2) is 0 Å². The van der Waals surface area contributed by atoms with Gasteiger partial charge in [0.05, 0.1) is 20.3 Å². The van der Waals surface area contributed by atoms with Crippen LogP contribution in [0.1, 0.15) is 17.5 Å². The molecule has 0 aromatic heterocycles. The van der Waals surface area contributed by atoms with Crippen molar-refractivity contribution in [2.75, 3.05) is 53.0 Å². The second-order valence-electron chi connectivity index (χ2n) is 5.97. The van der Waals surface area contributed by atoms with E-state index in [1.807, 2.05) is 0 Å². The number of morpholine rings is 1. The summed E-state index contributed by atoms with van der Waals surface area (Å²) in [4.78, 5) is 5.09. The first-order valence-corrected chi connectivity index (χ1v) is 8.03. The molecule has 4 heteroatoms. The summed E-state index contributed by atoms with van der Waals surface area (Å²) in [7, 11) is 1.74. The summed E-state index contributed by atoms with van der Waals surface area (Å²) in [5.74, 6) is 0.976. The van der Waals surface area contributed by atoms with Gasteiger partial charge in [0.25, 0.3) is 0 Å². The molecular formula is C17H26N2O2. The minimum absolute atomic E-state index is 0.900. The van der Waals surface area contributed by atoms with Crippen LogP contribution in [0.15, 0.2) is 18.2 Å². The molecule has 0 unspecified atom stereocenters. The lowest BCUT2D eigenvalue weighted by Gasteiger charge is -2.31. The van der Waals surface area contributed by atoms with Gasteiger partial charge in [-0.15, -0.1) is 0 Å². The van der Waals surface area contributed by atoms with E-state index in [4.69, 9.17) is 9.47 Å². The highest BCUT2D eigenvalue weighted by molar-refractivity contribution is 5.37. The Hall–Kier alpha value is -1.10. The molecule has 4 nitrogen and oxygen atoms in total. The Morgan fingerprint density at radius 1 is 1.05 bits per heavy atom. The topological polar surface area (TPSA) is 24.9 Å². The molecule has 2 aliphatic heterocycles. The van der Waals surface area contributed by atoms with Gasteiger partial charge in [-0.1, -0.05) is 6.07 Å². The van der Waals surface area contributed by atoms with Crippen LogP contribution < -0.4 is 4.74 Å². The summed E-state index contributed by atoms with van der Waals surface area (Å²) in [6.45, 7) is 8.63. The highest BCUT2D eigenvalue weighted by Crippen LogP contribution is 2.23. The maximum absolute atomic E-state index is 5.39. The molecule has 0 saturated carbocycles. The summed E-state index contributed by atoms with van der Waals surface area (Å²) >= 11 is 0. The van der Waals surface area contributed by atoms with Crippen molar-refractivity contribution in [3.05, 3.63) is 29.3 Å². The molecule has 3 rings (SSSR count). The zero-order valence-electron chi connectivity index (χ0n) is 13.0. The van der Waals surface area contributed by atoms with E-state index in [-0.39, 0.29) is 0 Å². The van der Waals surface area contributed by atoms with E-state index >= 15 is 0 Å². The molecule has 0 bridgehead atoms. The third kappa shape index (κ3) is 3.96. The molecule has 2 heterocycles. The molecule has 1 saturated heterocycles. The molecule has 1 fully saturated rings. The number of rotatable bonds is 5. The number of methoxy groups -OCH3 is 1. The number of hydrogen-bond donors (Lipinski definition) is 0. The largest absolute Gasteiger partial charge is 0.497 e. The molecule has 2 aliphatic rings. The highest BCUT2D eigenvalue weighted by atomic mass is 16.5. The Kier molecular flexibility index (Phi) is 5.12. The van der Waals surface area contributed by atoms with Crippen LogP contribution in [0.25, 0.3) is 0 Å². The number of benzene rings is 1. The molecule has 0 N–H and O–H groups in total. The van der Waals surface area contributed by atoms with E-state index in [1.54, 1.807) is 7.11 Å². The lowest BCUT2D eigenvalue weighted by molar-refractivity contribution is 0.0359. The minimum Gasteiger partial charge on any atom is -0.497 e. The van der Waals surface area contributed by atoms with Crippen LogP contribution in [-0.2, 0) is 17.7 Å². The smallest absolute Gasteiger partial charge is 0.119 e. The number of ether oxygens (including phenoxy) is 2. The van der Waals surface area contributed by atoms with Crippen molar-refractivity contribution in [2.24, 2.45) is 0 Å².